The Balaban J connectivity index is 1.65. The molecule has 6 heteroatoms. The fourth-order valence-corrected chi connectivity index (χ4v) is 4.05. The quantitative estimate of drug-likeness (QED) is 0.833. The molecule has 0 bridgehead atoms. The van der Waals surface area contributed by atoms with Crippen molar-refractivity contribution < 1.29 is 13.2 Å². The smallest absolute Gasteiger partial charge is 0.243 e. The first-order valence-corrected chi connectivity index (χ1v) is 9.45. The van der Waals surface area contributed by atoms with Gasteiger partial charge in [0.05, 0.1) is 4.90 Å². The first-order chi connectivity index (χ1) is 11.6. The number of hydrogen-bond acceptors (Lipinski definition) is 4. The second-order valence-electron chi connectivity index (χ2n) is 5.95. The normalized spacial score (nSPS) is 16.9. The van der Waals surface area contributed by atoms with E-state index < -0.39 is 10.0 Å². The minimum absolute atomic E-state index is 0.319. The Morgan fingerprint density at radius 1 is 0.917 bits per heavy atom. The van der Waals surface area contributed by atoms with Gasteiger partial charge in [-0.15, -0.1) is 0 Å². The summed E-state index contributed by atoms with van der Waals surface area (Å²) in [5, 5.41) is 0. The largest absolute Gasteiger partial charge is 0.489 e. The summed E-state index contributed by atoms with van der Waals surface area (Å²) in [6.45, 7) is 3.05. The molecule has 0 spiro atoms. The van der Waals surface area contributed by atoms with Crippen LogP contribution < -0.4 is 4.74 Å². The maximum Gasteiger partial charge on any atom is 0.243 e. The van der Waals surface area contributed by atoms with Gasteiger partial charge in [0, 0.05) is 26.2 Å². The lowest BCUT2D eigenvalue weighted by atomic mass is 10.2. The van der Waals surface area contributed by atoms with Gasteiger partial charge in [-0.2, -0.15) is 4.31 Å². The van der Waals surface area contributed by atoms with Gasteiger partial charge in [-0.05, 0) is 36.9 Å². The van der Waals surface area contributed by atoms with Crippen molar-refractivity contribution in [3.63, 3.8) is 0 Å². The van der Waals surface area contributed by atoms with Gasteiger partial charge in [-0.3, -0.25) is 0 Å². The molecule has 1 aliphatic rings. The van der Waals surface area contributed by atoms with Crippen molar-refractivity contribution in [2.24, 2.45) is 0 Å². The van der Waals surface area contributed by atoms with Crippen LogP contribution in [0.15, 0.2) is 59.5 Å². The number of sulfonamides is 1. The monoisotopic (exact) mass is 346 g/mol. The summed E-state index contributed by atoms with van der Waals surface area (Å²) in [5.74, 6) is 0.663. The third kappa shape index (κ3) is 3.95. The Labute approximate surface area is 143 Å². The van der Waals surface area contributed by atoms with Crippen molar-refractivity contribution in [2.75, 3.05) is 33.2 Å². The zero-order valence-corrected chi connectivity index (χ0v) is 14.6. The number of ether oxygens (including phenoxy) is 1. The highest BCUT2D eigenvalue weighted by molar-refractivity contribution is 7.89. The van der Waals surface area contributed by atoms with E-state index in [0.717, 1.165) is 18.7 Å². The second-order valence-corrected chi connectivity index (χ2v) is 7.89. The lowest BCUT2D eigenvalue weighted by Crippen LogP contribution is -2.46. The minimum atomic E-state index is -3.42. The molecule has 0 aromatic heterocycles. The van der Waals surface area contributed by atoms with Gasteiger partial charge in [-0.1, -0.05) is 30.3 Å². The molecule has 0 radical (unpaired) electrons. The predicted molar refractivity (Wildman–Crippen MR) is 93.5 cm³/mol. The molecule has 1 aliphatic heterocycles. The molecule has 5 nitrogen and oxygen atoms in total. The van der Waals surface area contributed by atoms with E-state index >= 15 is 0 Å². The number of benzene rings is 2. The van der Waals surface area contributed by atoms with E-state index in [-0.39, 0.29) is 0 Å². The van der Waals surface area contributed by atoms with E-state index in [1.165, 1.54) is 0 Å². The van der Waals surface area contributed by atoms with Gasteiger partial charge < -0.3 is 9.64 Å². The molecule has 0 saturated carbocycles. The summed E-state index contributed by atoms with van der Waals surface area (Å²) in [5.41, 5.74) is 1.08. The highest BCUT2D eigenvalue weighted by atomic mass is 32.2. The maximum atomic E-state index is 12.7. The third-order valence-corrected chi connectivity index (χ3v) is 6.08. The molecule has 2 aromatic rings. The maximum absolute atomic E-state index is 12.7. The number of piperazine rings is 1. The Morgan fingerprint density at radius 2 is 1.54 bits per heavy atom. The highest BCUT2D eigenvalue weighted by Gasteiger charge is 2.27. The van der Waals surface area contributed by atoms with Gasteiger partial charge in [0.15, 0.2) is 0 Å². The molecule has 3 rings (SSSR count). The van der Waals surface area contributed by atoms with Crippen molar-refractivity contribution >= 4 is 10.0 Å². The van der Waals surface area contributed by atoms with E-state index in [9.17, 15) is 8.42 Å². The van der Waals surface area contributed by atoms with Crippen LogP contribution in [0.1, 0.15) is 5.56 Å². The number of likely N-dealkylation sites (N-methyl/N-ethyl adjacent to an activating group) is 1. The Bertz CT molecular complexity index is 753. The topological polar surface area (TPSA) is 49.9 Å². The molecule has 0 aliphatic carbocycles. The van der Waals surface area contributed by atoms with Crippen molar-refractivity contribution in [1.29, 1.82) is 0 Å². The van der Waals surface area contributed by atoms with Crippen molar-refractivity contribution in [3.05, 3.63) is 60.2 Å². The average molecular weight is 346 g/mol. The number of rotatable bonds is 5. The molecule has 0 atom stereocenters. The highest BCUT2D eigenvalue weighted by Crippen LogP contribution is 2.21. The van der Waals surface area contributed by atoms with Crippen LogP contribution in [-0.4, -0.2) is 50.8 Å². The van der Waals surface area contributed by atoms with E-state index in [0.29, 0.717) is 30.3 Å². The zero-order chi connectivity index (χ0) is 17.0. The van der Waals surface area contributed by atoms with E-state index in [4.69, 9.17) is 4.74 Å². The lowest BCUT2D eigenvalue weighted by molar-refractivity contribution is 0.222. The van der Waals surface area contributed by atoms with Crippen LogP contribution in [0.2, 0.25) is 0 Å². The van der Waals surface area contributed by atoms with Crippen LogP contribution in [0.5, 0.6) is 5.75 Å². The standard InChI is InChI=1S/C18H22N2O3S/c1-19-11-13-20(14-12-19)24(21,22)18-9-7-17(8-10-18)23-15-16-5-3-2-4-6-16/h2-10H,11-15H2,1H3. The van der Waals surface area contributed by atoms with Crippen molar-refractivity contribution in [1.82, 2.24) is 9.21 Å². The SMILES string of the molecule is CN1CCN(S(=O)(=O)c2ccc(OCc3ccccc3)cc2)CC1. The molecule has 0 N–H and O–H groups in total. The summed E-state index contributed by atoms with van der Waals surface area (Å²) in [6, 6.07) is 16.5. The van der Waals surface area contributed by atoms with Crippen molar-refractivity contribution in [2.45, 2.75) is 11.5 Å². The fraction of sp³-hybridized carbons (Fsp3) is 0.333. The van der Waals surface area contributed by atoms with Gasteiger partial charge in [-0.25, -0.2) is 8.42 Å². The van der Waals surface area contributed by atoms with Gasteiger partial charge in [0.25, 0.3) is 0 Å². The Kier molecular flexibility index (Phi) is 5.18. The zero-order valence-electron chi connectivity index (χ0n) is 13.8. The predicted octanol–water partition coefficient (Wildman–Crippen LogP) is 2.20. The molecule has 24 heavy (non-hydrogen) atoms. The van der Waals surface area contributed by atoms with Crippen LogP contribution in [-0.2, 0) is 16.6 Å². The van der Waals surface area contributed by atoms with Gasteiger partial charge in [0.2, 0.25) is 10.0 Å². The summed E-state index contributed by atoms with van der Waals surface area (Å²) >= 11 is 0. The third-order valence-electron chi connectivity index (χ3n) is 4.17. The van der Waals surface area contributed by atoms with E-state index in [2.05, 4.69) is 4.90 Å². The molecular weight excluding hydrogens is 324 g/mol. The molecule has 0 unspecified atom stereocenters. The van der Waals surface area contributed by atoms with Crippen LogP contribution in [0.3, 0.4) is 0 Å². The van der Waals surface area contributed by atoms with Crippen LogP contribution in [0, 0.1) is 0 Å². The van der Waals surface area contributed by atoms with Crippen LogP contribution in [0.25, 0.3) is 0 Å². The Morgan fingerprint density at radius 3 is 2.17 bits per heavy atom. The molecule has 1 heterocycles. The van der Waals surface area contributed by atoms with E-state index in [1.807, 2.05) is 37.4 Å². The summed E-state index contributed by atoms with van der Waals surface area (Å²) < 4.78 is 32.6. The summed E-state index contributed by atoms with van der Waals surface area (Å²) in [7, 11) is -1.42. The lowest BCUT2D eigenvalue weighted by Gasteiger charge is -2.31. The Hall–Kier alpha value is -1.89. The van der Waals surface area contributed by atoms with Crippen LogP contribution >= 0.6 is 0 Å². The molecule has 128 valence electrons. The van der Waals surface area contributed by atoms with Crippen LogP contribution in [0.4, 0.5) is 0 Å². The summed E-state index contributed by atoms with van der Waals surface area (Å²) in [6.07, 6.45) is 0. The molecule has 0 amide bonds. The number of nitrogens with zero attached hydrogens (tertiary/aromatic N) is 2. The van der Waals surface area contributed by atoms with Crippen molar-refractivity contribution in [3.8, 4) is 5.75 Å². The summed E-state index contributed by atoms with van der Waals surface area (Å²) in [4.78, 5) is 2.45. The van der Waals surface area contributed by atoms with E-state index in [1.54, 1.807) is 28.6 Å². The molecule has 1 fully saturated rings. The molecule has 1 saturated heterocycles. The first kappa shape index (κ1) is 17.0. The first-order valence-electron chi connectivity index (χ1n) is 8.01. The molecule has 2 aromatic carbocycles. The second kappa shape index (κ2) is 7.34. The molecular formula is C18H22N2O3S. The van der Waals surface area contributed by atoms with Gasteiger partial charge in [0.1, 0.15) is 12.4 Å². The fourth-order valence-electron chi connectivity index (χ4n) is 2.63. The minimum Gasteiger partial charge on any atom is -0.489 e. The average Bonchev–Trinajstić information content (AvgIpc) is 2.61. The number of hydrogen-bond donors (Lipinski definition) is 0. The van der Waals surface area contributed by atoms with Gasteiger partial charge >= 0.3 is 0 Å².